The molecule has 5 nitrogen and oxygen atoms in total. The molecule has 3 aromatic rings. The van der Waals surface area contributed by atoms with E-state index in [2.05, 4.69) is 27.4 Å². The lowest BCUT2D eigenvalue weighted by Crippen LogP contribution is -2.38. The molecule has 142 valence electrons. The van der Waals surface area contributed by atoms with Crippen LogP contribution in [0.2, 0.25) is 0 Å². The Morgan fingerprint density at radius 2 is 2.04 bits per heavy atom. The number of aliphatic imine (C=N–C) groups is 1. The first-order valence-corrected chi connectivity index (χ1v) is 8.40. The minimum Gasteiger partial charge on any atom is -0.352 e. The van der Waals surface area contributed by atoms with Crippen LogP contribution in [0, 0.1) is 5.82 Å². The molecule has 0 aliphatic carbocycles. The normalized spacial score (nSPS) is 11.0. The van der Waals surface area contributed by atoms with Gasteiger partial charge < -0.3 is 14.8 Å². The van der Waals surface area contributed by atoms with Crippen LogP contribution in [0.25, 0.3) is 5.69 Å². The minimum absolute atomic E-state index is 0. The number of aromatic nitrogens is 2. The highest BCUT2D eigenvalue weighted by Crippen LogP contribution is 2.14. The van der Waals surface area contributed by atoms with Crippen molar-refractivity contribution in [2.45, 2.75) is 13.1 Å². The molecule has 0 bridgehead atoms. The average Bonchev–Trinajstić information content (AvgIpc) is 3.17. The molecule has 0 aliphatic heterocycles. The Balaban J connectivity index is 0.00000261. The molecule has 0 unspecified atom stereocenters. The Kier molecular flexibility index (Phi) is 7.78. The highest BCUT2D eigenvalue weighted by atomic mass is 127. The molecule has 1 aromatic heterocycles. The van der Waals surface area contributed by atoms with E-state index in [1.807, 2.05) is 40.9 Å². The molecule has 0 fully saturated rings. The van der Waals surface area contributed by atoms with Crippen LogP contribution in [0.3, 0.4) is 0 Å². The maximum absolute atomic E-state index is 13.4. The summed E-state index contributed by atoms with van der Waals surface area (Å²) >= 11 is 0. The first-order chi connectivity index (χ1) is 12.7. The van der Waals surface area contributed by atoms with Gasteiger partial charge in [0.15, 0.2) is 5.96 Å². The largest absolute Gasteiger partial charge is 0.352 e. The molecular weight excluding hydrogens is 456 g/mol. The molecular formula is C20H23FIN5. The molecule has 1 heterocycles. The summed E-state index contributed by atoms with van der Waals surface area (Å²) in [5.74, 6) is 0.516. The highest BCUT2D eigenvalue weighted by Gasteiger charge is 2.09. The van der Waals surface area contributed by atoms with Crippen molar-refractivity contribution in [2.75, 3.05) is 14.1 Å². The Bertz CT molecular complexity index is 880. The Labute approximate surface area is 176 Å². The van der Waals surface area contributed by atoms with Gasteiger partial charge in [-0.25, -0.2) is 9.37 Å². The summed E-state index contributed by atoms with van der Waals surface area (Å²) in [6, 6.07) is 14.7. The lowest BCUT2D eigenvalue weighted by atomic mass is 10.1. The van der Waals surface area contributed by atoms with E-state index >= 15 is 0 Å². The van der Waals surface area contributed by atoms with E-state index in [1.54, 1.807) is 25.6 Å². The summed E-state index contributed by atoms with van der Waals surface area (Å²) in [6.45, 7) is 1.19. The van der Waals surface area contributed by atoms with Gasteiger partial charge in [-0.1, -0.05) is 30.3 Å². The van der Waals surface area contributed by atoms with E-state index in [9.17, 15) is 4.39 Å². The molecule has 0 atom stereocenters. The monoisotopic (exact) mass is 479 g/mol. The summed E-state index contributed by atoms with van der Waals surface area (Å²) in [7, 11) is 3.67. The number of benzene rings is 2. The van der Waals surface area contributed by atoms with Crippen LogP contribution < -0.4 is 5.32 Å². The SMILES string of the molecule is CN=C(NCc1ccccc1-n1ccnc1)N(C)Cc1cccc(F)c1.I. The number of nitrogens with one attached hydrogen (secondary N) is 1. The molecule has 0 spiro atoms. The summed E-state index contributed by atoms with van der Waals surface area (Å²) in [5, 5.41) is 3.37. The lowest BCUT2D eigenvalue weighted by Gasteiger charge is -2.23. The van der Waals surface area contributed by atoms with Crippen molar-refractivity contribution in [3.63, 3.8) is 0 Å². The van der Waals surface area contributed by atoms with Crippen molar-refractivity contribution in [1.82, 2.24) is 19.8 Å². The maximum Gasteiger partial charge on any atom is 0.193 e. The lowest BCUT2D eigenvalue weighted by molar-refractivity contribution is 0.474. The fourth-order valence-electron chi connectivity index (χ4n) is 2.86. The van der Waals surface area contributed by atoms with Crippen molar-refractivity contribution in [3.8, 4) is 5.69 Å². The van der Waals surface area contributed by atoms with Crippen LogP contribution in [0.5, 0.6) is 0 Å². The quantitative estimate of drug-likeness (QED) is 0.344. The Morgan fingerprint density at radius 1 is 1.22 bits per heavy atom. The smallest absolute Gasteiger partial charge is 0.193 e. The second-order valence-electron chi connectivity index (χ2n) is 5.99. The molecule has 27 heavy (non-hydrogen) atoms. The maximum atomic E-state index is 13.4. The van der Waals surface area contributed by atoms with Crippen LogP contribution in [-0.4, -0.2) is 34.5 Å². The minimum atomic E-state index is -0.229. The van der Waals surface area contributed by atoms with Gasteiger partial charge in [0.2, 0.25) is 0 Å². The topological polar surface area (TPSA) is 45.5 Å². The van der Waals surface area contributed by atoms with Gasteiger partial charge in [0, 0.05) is 39.6 Å². The first-order valence-electron chi connectivity index (χ1n) is 8.40. The van der Waals surface area contributed by atoms with Crippen LogP contribution in [0.4, 0.5) is 4.39 Å². The van der Waals surface area contributed by atoms with Crippen LogP contribution in [-0.2, 0) is 13.1 Å². The number of guanidine groups is 1. The zero-order chi connectivity index (χ0) is 18.4. The fraction of sp³-hybridized carbons (Fsp3) is 0.200. The number of rotatable bonds is 5. The third-order valence-electron chi connectivity index (χ3n) is 4.09. The number of imidazole rings is 1. The molecule has 0 saturated heterocycles. The number of halogens is 2. The average molecular weight is 479 g/mol. The van der Waals surface area contributed by atoms with Gasteiger partial charge in [-0.2, -0.15) is 0 Å². The van der Waals surface area contributed by atoms with Gasteiger partial charge in [0.05, 0.1) is 12.0 Å². The van der Waals surface area contributed by atoms with Crippen molar-refractivity contribution >= 4 is 29.9 Å². The first kappa shape index (κ1) is 20.9. The van der Waals surface area contributed by atoms with Crippen LogP contribution in [0.15, 0.2) is 72.2 Å². The van der Waals surface area contributed by atoms with Crippen LogP contribution in [0.1, 0.15) is 11.1 Å². The summed E-state index contributed by atoms with van der Waals surface area (Å²) < 4.78 is 15.4. The van der Waals surface area contributed by atoms with Gasteiger partial charge >= 0.3 is 0 Å². The standard InChI is InChI=1S/C20H22FN5.HI/c1-22-20(25(2)14-16-6-5-8-18(21)12-16)24-13-17-7-3-4-9-19(17)26-11-10-23-15-26;/h3-12,15H,13-14H2,1-2H3,(H,22,24);1H. The number of hydrogen-bond acceptors (Lipinski definition) is 2. The highest BCUT2D eigenvalue weighted by molar-refractivity contribution is 14.0. The third kappa shape index (κ3) is 5.53. The van der Waals surface area contributed by atoms with Crippen molar-refractivity contribution in [3.05, 3.63) is 84.2 Å². The van der Waals surface area contributed by atoms with E-state index in [4.69, 9.17) is 0 Å². The Hall–Kier alpha value is -2.42. The number of nitrogens with zero attached hydrogens (tertiary/aromatic N) is 4. The summed E-state index contributed by atoms with van der Waals surface area (Å²) in [5.41, 5.74) is 3.10. The molecule has 0 aliphatic rings. The van der Waals surface area contributed by atoms with Gasteiger partial charge in [0.25, 0.3) is 0 Å². The third-order valence-corrected chi connectivity index (χ3v) is 4.09. The molecule has 1 N–H and O–H groups in total. The molecule has 0 radical (unpaired) electrons. The summed E-state index contributed by atoms with van der Waals surface area (Å²) in [6.07, 6.45) is 5.46. The van der Waals surface area contributed by atoms with E-state index in [-0.39, 0.29) is 29.8 Å². The van der Waals surface area contributed by atoms with Gasteiger partial charge in [-0.3, -0.25) is 4.99 Å². The van der Waals surface area contributed by atoms with Crippen molar-refractivity contribution < 1.29 is 4.39 Å². The predicted molar refractivity (Wildman–Crippen MR) is 117 cm³/mol. The number of para-hydroxylation sites is 1. The van der Waals surface area contributed by atoms with E-state index in [0.29, 0.717) is 13.1 Å². The van der Waals surface area contributed by atoms with Crippen LogP contribution >= 0.6 is 24.0 Å². The van der Waals surface area contributed by atoms with Gasteiger partial charge in [-0.05, 0) is 29.3 Å². The Morgan fingerprint density at radius 3 is 2.74 bits per heavy atom. The van der Waals surface area contributed by atoms with E-state index < -0.39 is 0 Å². The summed E-state index contributed by atoms with van der Waals surface area (Å²) in [4.78, 5) is 10.4. The predicted octanol–water partition coefficient (Wildman–Crippen LogP) is 3.84. The fourth-order valence-corrected chi connectivity index (χ4v) is 2.86. The second-order valence-corrected chi connectivity index (χ2v) is 5.99. The zero-order valence-electron chi connectivity index (χ0n) is 15.3. The molecule has 7 heteroatoms. The second kappa shape index (κ2) is 10.1. The van der Waals surface area contributed by atoms with Crippen molar-refractivity contribution in [1.29, 1.82) is 0 Å². The molecule has 0 amide bonds. The van der Waals surface area contributed by atoms with E-state index in [0.717, 1.165) is 22.8 Å². The van der Waals surface area contributed by atoms with E-state index in [1.165, 1.54) is 12.1 Å². The number of hydrogen-bond donors (Lipinski definition) is 1. The van der Waals surface area contributed by atoms with Crippen molar-refractivity contribution in [2.24, 2.45) is 4.99 Å². The van der Waals surface area contributed by atoms with Gasteiger partial charge in [-0.15, -0.1) is 24.0 Å². The zero-order valence-corrected chi connectivity index (χ0v) is 17.7. The molecule has 0 saturated carbocycles. The van der Waals surface area contributed by atoms with Gasteiger partial charge in [0.1, 0.15) is 5.82 Å². The molecule has 2 aromatic carbocycles. The molecule has 3 rings (SSSR count).